The first kappa shape index (κ1) is 27.6. The molecule has 0 N–H and O–H groups in total. The third-order valence-electron chi connectivity index (χ3n) is 7.81. The summed E-state index contributed by atoms with van der Waals surface area (Å²) >= 11 is 6.06. The maximum Gasteiger partial charge on any atom is 0.294 e. The molecule has 0 spiro atoms. The number of piperazine rings is 1. The summed E-state index contributed by atoms with van der Waals surface area (Å²) in [6.07, 6.45) is 1.73. The number of para-hydroxylation sites is 2. The number of carbonyl (C=O) groups is 2. The van der Waals surface area contributed by atoms with E-state index < -0.39 is 0 Å². The van der Waals surface area contributed by atoms with E-state index in [1.165, 1.54) is 16.8 Å². The highest BCUT2D eigenvalue weighted by atomic mass is 35.5. The molecule has 6 rings (SSSR count). The Hall–Kier alpha value is -4.55. The van der Waals surface area contributed by atoms with Crippen molar-refractivity contribution in [2.75, 3.05) is 36.0 Å². The zero-order valence-electron chi connectivity index (χ0n) is 23.7. The summed E-state index contributed by atoms with van der Waals surface area (Å²) in [7, 11) is 0. The van der Waals surface area contributed by atoms with E-state index in [0.717, 1.165) is 24.2 Å². The fourth-order valence-corrected chi connectivity index (χ4v) is 5.58. The van der Waals surface area contributed by atoms with Crippen molar-refractivity contribution in [2.24, 2.45) is 0 Å². The molecule has 2 heterocycles. The van der Waals surface area contributed by atoms with E-state index in [1.54, 1.807) is 11.0 Å². The van der Waals surface area contributed by atoms with Crippen molar-refractivity contribution in [3.8, 4) is 5.75 Å². The van der Waals surface area contributed by atoms with Crippen molar-refractivity contribution in [1.29, 1.82) is 0 Å². The van der Waals surface area contributed by atoms with E-state index in [9.17, 15) is 9.59 Å². The number of aryl methyl sites for hydroxylation is 2. The van der Waals surface area contributed by atoms with E-state index in [1.807, 2.05) is 77.7 Å². The lowest BCUT2D eigenvalue weighted by molar-refractivity contribution is -0.117. The number of hydrogen-bond acceptors (Lipinski definition) is 4. The minimum Gasteiger partial charge on any atom is -0.449 e. The normalized spacial score (nSPS) is 15.9. The number of halogens is 1. The van der Waals surface area contributed by atoms with Gasteiger partial charge in [-0.15, -0.1) is 0 Å². The molecule has 0 bridgehead atoms. The Labute approximate surface area is 251 Å². The minimum absolute atomic E-state index is 0.0166. The second-order valence-electron chi connectivity index (χ2n) is 10.8. The zero-order chi connectivity index (χ0) is 29.2. The monoisotopic (exact) mass is 577 g/mol. The number of ether oxygens (including phenoxy) is 1. The standard InChI is InChI=1S/C35H32ClN3O3/c1-24-7-8-25(2)31(21-24)37-17-19-38(20-18-37)34(40)28-13-9-26(10-14-28)22-33-35(41)39(23-27-11-15-29(36)16-12-27)30-5-3-4-6-32(30)42-33/h3-16,21-22H,17-20,23H2,1-2H3/b33-22-. The highest BCUT2D eigenvalue weighted by Crippen LogP contribution is 2.36. The lowest BCUT2D eigenvalue weighted by atomic mass is 10.1. The second kappa shape index (κ2) is 11.7. The maximum absolute atomic E-state index is 13.6. The molecule has 0 aromatic heterocycles. The molecular weight excluding hydrogens is 546 g/mol. The van der Waals surface area contributed by atoms with Gasteiger partial charge in [0.2, 0.25) is 0 Å². The van der Waals surface area contributed by atoms with Gasteiger partial charge in [-0.2, -0.15) is 0 Å². The van der Waals surface area contributed by atoms with Gasteiger partial charge in [0.05, 0.1) is 12.2 Å². The summed E-state index contributed by atoms with van der Waals surface area (Å²) in [6, 6.07) is 28.8. The van der Waals surface area contributed by atoms with Gasteiger partial charge in [0, 0.05) is 42.5 Å². The summed E-state index contributed by atoms with van der Waals surface area (Å²) in [4.78, 5) is 32.8. The van der Waals surface area contributed by atoms with Gasteiger partial charge >= 0.3 is 0 Å². The molecule has 0 unspecified atom stereocenters. The Balaban J connectivity index is 1.15. The Bertz CT molecular complexity index is 1660. The fourth-order valence-electron chi connectivity index (χ4n) is 5.46. The molecular formula is C35H32ClN3O3. The SMILES string of the molecule is Cc1ccc(C)c(N2CCN(C(=O)c3ccc(/C=C4\Oc5ccccc5N(Cc5ccc(Cl)cc5)C4=O)cc3)CC2)c1. The van der Waals surface area contributed by atoms with Crippen LogP contribution in [0.25, 0.3) is 6.08 Å². The highest BCUT2D eigenvalue weighted by Gasteiger charge is 2.30. The van der Waals surface area contributed by atoms with Crippen molar-refractivity contribution in [3.05, 3.63) is 130 Å². The molecule has 7 heteroatoms. The van der Waals surface area contributed by atoms with E-state index in [2.05, 4.69) is 36.9 Å². The van der Waals surface area contributed by atoms with Gasteiger partial charge in [-0.25, -0.2) is 0 Å². The predicted octanol–water partition coefficient (Wildman–Crippen LogP) is 6.89. The van der Waals surface area contributed by atoms with Crippen LogP contribution < -0.4 is 14.5 Å². The van der Waals surface area contributed by atoms with Crippen molar-refractivity contribution in [1.82, 2.24) is 4.90 Å². The van der Waals surface area contributed by atoms with Gasteiger partial charge in [0.15, 0.2) is 11.5 Å². The van der Waals surface area contributed by atoms with Crippen LogP contribution >= 0.6 is 11.6 Å². The van der Waals surface area contributed by atoms with Gasteiger partial charge in [0.1, 0.15) is 0 Å². The molecule has 4 aromatic rings. The van der Waals surface area contributed by atoms with E-state index in [4.69, 9.17) is 16.3 Å². The Morgan fingerprint density at radius 1 is 0.857 bits per heavy atom. The van der Waals surface area contributed by atoms with E-state index in [-0.39, 0.29) is 17.6 Å². The van der Waals surface area contributed by atoms with E-state index >= 15 is 0 Å². The summed E-state index contributed by atoms with van der Waals surface area (Å²) in [6.45, 7) is 7.56. The molecule has 4 aromatic carbocycles. The zero-order valence-corrected chi connectivity index (χ0v) is 24.5. The van der Waals surface area contributed by atoms with E-state index in [0.29, 0.717) is 41.7 Å². The summed E-state index contributed by atoms with van der Waals surface area (Å²) in [5, 5.41) is 0.648. The van der Waals surface area contributed by atoms with Crippen LogP contribution in [0, 0.1) is 13.8 Å². The first-order valence-electron chi connectivity index (χ1n) is 14.1. The first-order valence-corrected chi connectivity index (χ1v) is 14.5. The maximum atomic E-state index is 13.6. The lowest BCUT2D eigenvalue weighted by Gasteiger charge is -2.37. The first-order chi connectivity index (χ1) is 20.4. The number of anilines is 2. The number of amides is 2. The average molecular weight is 578 g/mol. The molecule has 42 heavy (non-hydrogen) atoms. The van der Waals surface area contributed by atoms with Crippen LogP contribution in [0.15, 0.2) is 96.8 Å². The van der Waals surface area contributed by atoms with Crippen molar-refractivity contribution in [3.63, 3.8) is 0 Å². The summed E-state index contributed by atoms with van der Waals surface area (Å²) < 4.78 is 6.04. The average Bonchev–Trinajstić information content (AvgIpc) is 3.01. The van der Waals surface area contributed by atoms with Crippen molar-refractivity contribution >= 4 is 40.9 Å². The van der Waals surface area contributed by atoms with Crippen LogP contribution in [-0.2, 0) is 11.3 Å². The number of benzene rings is 4. The second-order valence-corrected chi connectivity index (χ2v) is 11.2. The molecule has 2 amide bonds. The Morgan fingerprint density at radius 3 is 2.31 bits per heavy atom. The van der Waals surface area contributed by atoms with Gasteiger partial charge in [-0.05, 0) is 84.6 Å². The smallest absolute Gasteiger partial charge is 0.294 e. The number of rotatable bonds is 5. The largest absolute Gasteiger partial charge is 0.449 e. The molecule has 2 aliphatic heterocycles. The van der Waals surface area contributed by atoms with Crippen LogP contribution in [0.1, 0.15) is 32.6 Å². The van der Waals surface area contributed by atoms with Crippen LogP contribution in [0.3, 0.4) is 0 Å². The number of hydrogen-bond donors (Lipinski definition) is 0. The molecule has 2 aliphatic rings. The van der Waals surface area contributed by atoms with Crippen LogP contribution in [-0.4, -0.2) is 42.9 Å². The number of nitrogens with zero attached hydrogens (tertiary/aromatic N) is 3. The van der Waals surface area contributed by atoms with Gasteiger partial charge in [0.25, 0.3) is 11.8 Å². The summed E-state index contributed by atoms with van der Waals surface area (Å²) in [5.74, 6) is 0.627. The predicted molar refractivity (Wildman–Crippen MR) is 168 cm³/mol. The molecule has 0 atom stereocenters. The van der Waals surface area contributed by atoms with Gasteiger partial charge in [-0.3, -0.25) is 14.5 Å². The Morgan fingerprint density at radius 2 is 1.57 bits per heavy atom. The van der Waals surface area contributed by atoms with Gasteiger partial charge < -0.3 is 14.5 Å². The number of fused-ring (bicyclic) bond motifs is 1. The van der Waals surface area contributed by atoms with Crippen LogP contribution in [0.2, 0.25) is 5.02 Å². The molecule has 1 fully saturated rings. The van der Waals surface area contributed by atoms with Crippen molar-refractivity contribution < 1.29 is 14.3 Å². The van der Waals surface area contributed by atoms with Crippen LogP contribution in [0.5, 0.6) is 5.75 Å². The quantitative estimate of drug-likeness (QED) is 0.243. The molecule has 6 nitrogen and oxygen atoms in total. The molecule has 212 valence electrons. The third kappa shape index (κ3) is 5.76. The third-order valence-corrected chi connectivity index (χ3v) is 8.07. The van der Waals surface area contributed by atoms with Crippen LogP contribution in [0.4, 0.5) is 11.4 Å². The highest BCUT2D eigenvalue weighted by molar-refractivity contribution is 6.30. The van der Waals surface area contributed by atoms with Crippen molar-refractivity contribution in [2.45, 2.75) is 20.4 Å². The lowest BCUT2D eigenvalue weighted by Crippen LogP contribution is -2.49. The molecule has 0 aliphatic carbocycles. The minimum atomic E-state index is -0.231. The molecule has 0 radical (unpaired) electrons. The Kier molecular flexibility index (Phi) is 7.72. The molecule has 1 saturated heterocycles. The summed E-state index contributed by atoms with van der Waals surface area (Å²) in [5.41, 5.74) is 6.82. The van der Waals surface area contributed by atoms with Gasteiger partial charge in [-0.1, -0.05) is 60.1 Å². The number of carbonyl (C=O) groups excluding carboxylic acids is 2. The topological polar surface area (TPSA) is 53.1 Å². The fraction of sp³-hybridized carbons (Fsp3) is 0.200. The molecule has 0 saturated carbocycles.